The molecule has 0 aromatic heterocycles. The maximum Gasteiger partial charge on any atom is 0.407 e. The molecule has 0 bridgehead atoms. The van der Waals surface area contributed by atoms with Gasteiger partial charge < -0.3 is 14.8 Å². The molecule has 24 heavy (non-hydrogen) atoms. The number of nitrogens with one attached hydrogen (secondary N) is 1. The van der Waals surface area contributed by atoms with Gasteiger partial charge in [0.2, 0.25) is 10.0 Å². The van der Waals surface area contributed by atoms with E-state index < -0.39 is 16.1 Å². The van der Waals surface area contributed by atoms with Gasteiger partial charge in [0.15, 0.2) is 0 Å². The normalized spacial score (nSPS) is 15.7. The lowest BCUT2D eigenvalue weighted by molar-refractivity contribution is 0.0730. The molecule has 1 aromatic rings. The number of morpholine rings is 1. The highest BCUT2D eigenvalue weighted by Gasteiger charge is 2.25. The predicted octanol–water partition coefficient (Wildman–Crippen LogP) is 1.16. The van der Waals surface area contributed by atoms with Gasteiger partial charge in [-0.1, -0.05) is 24.8 Å². The van der Waals surface area contributed by atoms with Crippen molar-refractivity contribution in [3.05, 3.63) is 42.5 Å². The summed E-state index contributed by atoms with van der Waals surface area (Å²) in [5, 5.41) is 2.61. The number of sulfonamides is 1. The fraction of sp³-hybridized carbons (Fsp3) is 0.438. The molecule has 1 aliphatic heterocycles. The first kappa shape index (κ1) is 18.4. The van der Waals surface area contributed by atoms with Crippen molar-refractivity contribution >= 4 is 16.1 Å². The van der Waals surface area contributed by atoms with E-state index in [1.807, 2.05) is 0 Å². The molecular formula is C16H22N2O5S. The van der Waals surface area contributed by atoms with E-state index in [-0.39, 0.29) is 11.5 Å². The summed E-state index contributed by atoms with van der Waals surface area (Å²) in [7, 11) is -3.47. The molecule has 1 aliphatic rings. The second-order valence-corrected chi connectivity index (χ2v) is 7.16. The van der Waals surface area contributed by atoms with Crippen LogP contribution in [-0.2, 0) is 25.9 Å². The number of ether oxygens (including phenoxy) is 2. The molecule has 2 rings (SSSR count). The Morgan fingerprint density at radius 2 is 1.96 bits per heavy atom. The molecular weight excluding hydrogens is 332 g/mol. The van der Waals surface area contributed by atoms with Crippen LogP contribution in [0, 0.1) is 0 Å². The Kier molecular flexibility index (Phi) is 6.77. The zero-order chi connectivity index (χ0) is 17.4. The van der Waals surface area contributed by atoms with Crippen LogP contribution in [0.25, 0.3) is 0 Å². The van der Waals surface area contributed by atoms with Gasteiger partial charge >= 0.3 is 6.09 Å². The number of alkyl carbamates (subject to hydrolysis) is 1. The molecule has 7 nitrogen and oxygen atoms in total. The molecule has 1 N–H and O–H groups in total. The zero-order valence-corrected chi connectivity index (χ0v) is 14.3. The Morgan fingerprint density at radius 3 is 2.58 bits per heavy atom. The van der Waals surface area contributed by atoms with Crippen molar-refractivity contribution < 1.29 is 22.7 Å². The number of nitrogens with zero attached hydrogens (tertiary/aromatic N) is 1. The van der Waals surface area contributed by atoms with E-state index in [2.05, 4.69) is 11.9 Å². The number of amides is 1. The molecule has 1 fully saturated rings. The summed E-state index contributed by atoms with van der Waals surface area (Å²) < 4.78 is 36.4. The third kappa shape index (κ3) is 5.05. The summed E-state index contributed by atoms with van der Waals surface area (Å²) in [4.78, 5) is 11.5. The van der Waals surface area contributed by atoms with Crippen molar-refractivity contribution in [2.75, 3.05) is 39.5 Å². The number of hydrogen-bond donors (Lipinski definition) is 1. The Labute approximate surface area is 142 Å². The van der Waals surface area contributed by atoms with Gasteiger partial charge in [-0.3, -0.25) is 0 Å². The number of benzene rings is 1. The molecule has 1 aromatic carbocycles. The molecule has 0 spiro atoms. The first-order valence-electron chi connectivity index (χ1n) is 7.72. The third-order valence-corrected chi connectivity index (χ3v) is 5.46. The molecule has 0 unspecified atom stereocenters. The van der Waals surface area contributed by atoms with Gasteiger partial charge in [-0.25, -0.2) is 13.2 Å². The maximum atomic E-state index is 12.5. The van der Waals surface area contributed by atoms with Gasteiger partial charge in [-0.2, -0.15) is 4.31 Å². The van der Waals surface area contributed by atoms with Gasteiger partial charge in [-0.05, 0) is 24.1 Å². The maximum absolute atomic E-state index is 12.5. The fourth-order valence-corrected chi connectivity index (χ4v) is 3.67. The molecule has 8 heteroatoms. The lowest BCUT2D eigenvalue weighted by Gasteiger charge is -2.26. The summed E-state index contributed by atoms with van der Waals surface area (Å²) >= 11 is 0. The number of carbonyl (C=O) groups is 1. The lowest BCUT2D eigenvalue weighted by atomic mass is 10.1. The van der Waals surface area contributed by atoms with E-state index in [1.54, 1.807) is 24.3 Å². The average Bonchev–Trinajstić information content (AvgIpc) is 2.61. The van der Waals surface area contributed by atoms with Gasteiger partial charge in [-0.15, -0.1) is 0 Å². The number of carbonyl (C=O) groups excluding carboxylic acids is 1. The van der Waals surface area contributed by atoms with Gasteiger partial charge in [0, 0.05) is 19.6 Å². The average molecular weight is 354 g/mol. The summed E-state index contributed by atoms with van der Waals surface area (Å²) in [5.41, 5.74) is 0.931. The van der Waals surface area contributed by atoms with Crippen LogP contribution in [0.5, 0.6) is 0 Å². The van der Waals surface area contributed by atoms with E-state index >= 15 is 0 Å². The fourth-order valence-electron chi connectivity index (χ4n) is 2.26. The Hall–Kier alpha value is -1.90. The lowest BCUT2D eigenvalue weighted by Crippen LogP contribution is -2.40. The zero-order valence-electron chi connectivity index (χ0n) is 13.4. The first-order valence-corrected chi connectivity index (χ1v) is 9.16. The van der Waals surface area contributed by atoms with Crippen LogP contribution in [0.2, 0.25) is 0 Å². The predicted molar refractivity (Wildman–Crippen MR) is 89.3 cm³/mol. The quantitative estimate of drug-likeness (QED) is 0.743. The van der Waals surface area contributed by atoms with Crippen LogP contribution in [0.1, 0.15) is 5.56 Å². The van der Waals surface area contributed by atoms with E-state index in [0.717, 1.165) is 5.56 Å². The van der Waals surface area contributed by atoms with Crippen molar-refractivity contribution in [1.29, 1.82) is 0 Å². The molecule has 0 atom stereocenters. The Morgan fingerprint density at radius 1 is 1.29 bits per heavy atom. The van der Waals surface area contributed by atoms with Crippen LogP contribution in [0.4, 0.5) is 4.79 Å². The molecule has 1 amide bonds. The molecule has 1 saturated heterocycles. The standard InChI is InChI=1S/C16H22N2O5S/c1-2-11-23-16(19)17-8-7-14-3-5-15(6-4-14)24(20,21)18-9-12-22-13-10-18/h2-6H,1,7-13H2,(H,17,19). The topological polar surface area (TPSA) is 84.9 Å². The van der Waals surface area contributed by atoms with Crippen LogP contribution in [0.15, 0.2) is 41.8 Å². The van der Waals surface area contributed by atoms with E-state index in [9.17, 15) is 13.2 Å². The first-order chi connectivity index (χ1) is 11.5. The Bertz CT molecular complexity index is 652. The summed E-state index contributed by atoms with van der Waals surface area (Å²) in [5.74, 6) is 0. The van der Waals surface area contributed by atoms with Crippen LogP contribution < -0.4 is 5.32 Å². The largest absolute Gasteiger partial charge is 0.445 e. The highest BCUT2D eigenvalue weighted by atomic mass is 32.2. The number of rotatable bonds is 7. The van der Waals surface area contributed by atoms with E-state index in [0.29, 0.717) is 39.3 Å². The highest BCUT2D eigenvalue weighted by Crippen LogP contribution is 2.17. The summed E-state index contributed by atoms with van der Waals surface area (Å²) in [6.45, 7) is 5.63. The van der Waals surface area contributed by atoms with Crippen molar-refractivity contribution in [2.24, 2.45) is 0 Å². The SMILES string of the molecule is C=CCOC(=O)NCCc1ccc(S(=O)(=O)N2CCOCC2)cc1. The minimum atomic E-state index is -3.47. The molecule has 0 radical (unpaired) electrons. The second kappa shape index (κ2) is 8.81. The molecule has 0 saturated carbocycles. The summed E-state index contributed by atoms with van der Waals surface area (Å²) in [6.07, 6.45) is 1.58. The smallest absolute Gasteiger partial charge is 0.407 e. The van der Waals surface area contributed by atoms with Crippen molar-refractivity contribution in [3.63, 3.8) is 0 Å². The van der Waals surface area contributed by atoms with Gasteiger partial charge in [0.1, 0.15) is 6.61 Å². The van der Waals surface area contributed by atoms with Crippen LogP contribution >= 0.6 is 0 Å². The van der Waals surface area contributed by atoms with Crippen molar-refractivity contribution in [2.45, 2.75) is 11.3 Å². The highest BCUT2D eigenvalue weighted by molar-refractivity contribution is 7.89. The second-order valence-electron chi connectivity index (χ2n) is 5.22. The monoisotopic (exact) mass is 354 g/mol. The van der Waals surface area contributed by atoms with Gasteiger partial charge in [0.25, 0.3) is 0 Å². The summed E-state index contributed by atoms with van der Waals surface area (Å²) in [6, 6.07) is 6.69. The number of hydrogen-bond acceptors (Lipinski definition) is 5. The molecule has 132 valence electrons. The van der Waals surface area contributed by atoms with Gasteiger partial charge in [0.05, 0.1) is 18.1 Å². The van der Waals surface area contributed by atoms with Crippen LogP contribution in [-0.4, -0.2) is 58.3 Å². The van der Waals surface area contributed by atoms with Crippen molar-refractivity contribution in [3.8, 4) is 0 Å². The molecule has 1 heterocycles. The third-order valence-electron chi connectivity index (χ3n) is 3.55. The minimum Gasteiger partial charge on any atom is -0.445 e. The minimum absolute atomic E-state index is 0.167. The van der Waals surface area contributed by atoms with E-state index in [4.69, 9.17) is 9.47 Å². The van der Waals surface area contributed by atoms with Crippen molar-refractivity contribution in [1.82, 2.24) is 9.62 Å². The van der Waals surface area contributed by atoms with Crippen LogP contribution in [0.3, 0.4) is 0 Å². The molecule has 0 aliphatic carbocycles. The Balaban J connectivity index is 1.88. The van der Waals surface area contributed by atoms with E-state index in [1.165, 1.54) is 10.4 Å².